The van der Waals surface area contributed by atoms with E-state index in [1.54, 1.807) is 6.07 Å². The zero-order chi connectivity index (χ0) is 37.3. The summed E-state index contributed by atoms with van der Waals surface area (Å²) >= 11 is 0. The van der Waals surface area contributed by atoms with Crippen molar-refractivity contribution in [3.05, 3.63) is 29.3 Å². The van der Waals surface area contributed by atoms with Crippen LogP contribution in [-0.4, -0.2) is 50.8 Å². The van der Waals surface area contributed by atoms with Gasteiger partial charge < -0.3 is 15.3 Å². The van der Waals surface area contributed by atoms with Gasteiger partial charge in [-0.1, -0.05) is 57.4 Å². The Hall–Kier alpha value is -2.62. The molecule has 3 N–H and O–H groups in total. The predicted octanol–water partition coefficient (Wildman–Crippen LogP) is 10.3. The number of aromatic hydroxyl groups is 1. The number of aliphatic carboxylic acids is 1. The Labute approximate surface area is 287 Å². The number of terminal acetylenes is 1. The molecule has 2 fully saturated rings. The number of carbonyl (C=O) groups is 1. The lowest BCUT2D eigenvalue weighted by molar-refractivity contribution is -0.396. The molecule has 0 aromatic heterocycles. The van der Waals surface area contributed by atoms with Crippen molar-refractivity contribution < 1.29 is 59.6 Å². The SMILES string of the molecule is C#C[C@]1(O)CCC2C3C(CCCCCCCCC(CCCC(F)(F)C(F)(F)C(F)(F)C(F)(F)F)C(=O)O)Cc4cc(O)ccc4C3CC[C@@]21C. The van der Waals surface area contributed by atoms with Crippen molar-refractivity contribution in [2.75, 3.05) is 0 Å². The molecule has 0 heterocycles. The van der Waals surface area contributed by atoms with Gasteiger partial charge in [-0.05, 0) is 105 Å². The van der Waals surface area contributed by atoms with Gasteiger partial charge in [-0.25, -0.2) is 0 Å². The average Bonchev–Trinajstić information content (AvgIpc) is 3.30. The molecule has 0 spiro atoms. The third-order valence-electron chi connectivity index (χ3n) is 12.3. The van der Waals surface area contributed by atoms with Gasteiger partial charge in [0, 0.05) is 11.8 Å². The number of hydrogen-bond acceptors (Lipinski definition) is 3. The van der Waals surface area contributed by atoms with Crippen molar-refractivity contribution in [3.8, 4) is 18.1 Å². The Morgan fingerprint density at radius 3 is 2.16 bits per heavy atom. The number of carboxylic acid groups (broad SMARTS) is 1. The molecule has 3 aliphatic carbocycles. The van der Waals surface area contributed by atoms with Crippen LogP contribution >= 0.6 is 0 Å². The summed E-state index contributed by atoms with van der Waals surface area (Å²) in [6, 6.07) is 5.63. The fourth-order valence-corrected chi connectivity index (χ4v) is 9.34. The molecule has 0 amide bonds. The van der Waals surface area contributed by atoms with Gasteiger partial charge >= 0.3 is 29.9 Å². The second-order valence-electron chi connectivity index (χ2n) is 15.1. The van der Waals surface area contributed by atoms with E-state index < -0.39 is 60.7 Å². The minimum atomic E-state index is -6.95. The first kappa shape index (κ1) is 40.2. The Morgan fingerprint density at radius 2 is 1.54 bits per heavy atom. The lowest BCUT2D eigenvalue weighted by Gasteiger charge is -2.54. The van der Waals surface area contributed by atoms with Crippen LogP contribution in [0.5, 0.6) is 5.75 Å². The van der Waals surface area contributed by atoms with E-state index in [0.29, 0.717) is 37.0 Å². The molecule has 0 bridgehead atoms. The van der Waals surface area contributed by atoms with Crippen molar-refractivity contribution in [3.63, 3.8) is 0 Å². The van der Waals surface area contributed by atoms with E-state index in [4.69, 9.17) is 6.42 Å². The number of aliphatic hydroxyl groups is 1. The largest absolute Gasteiger partial charge is 0.508 e. The second-order valence-corrected chi connectivity index (χ2v) is 15.1. The number of fused-ring (bicyclic) bond motifs is 5. The molecule has 50 heavy (non-hydrogen) atoms. The summed E-state index contributed by atoms with van der Waals surface area (Å²) < 4.78 is 118. The van der Waals surface area contributed by atoms with E-state index in [0.717, 1.165) is 63.4 Å². The van der Waals surface area contributed by atoms with Crippen LogP contribution in [0.2, 0.25) is 0 Å². The van der Waals surface area contributed by atoms with Crippen molar-refractivity contribution >= 4 is 5.97 Å². The molecule has 2 saturated carbocycles. The van der Waals surface area contributed by atoms with Crippen molar-refractivity contribution in [1.82, 2.24) is 0 Å². The molecule has 3 aliphatic rings. The van der Waals surface area contributed by atoms with Gasteiger partial charge in [-0.2, -0.15) is 39.5 Å². The first-order valence-electron chi connectivity index (χ1n) is 17.6. The fraction of sp³-hybridized carbons (Fsp3) is 0.757. The van der Waals surface area contributed by atoms with Crippen molar-refractivity contribution in [1.29, 1.82) is 0 Å². The standard InChI is InChI=1S/C37H47F9O4/c1-3-33(50)20-17-29-30-24(21-25-22-26(47)14-15-27(25)28(30)16-19-32(29,33)2)12-9-7-5-4-6-8-11-23(31(48)49)13-10-18-34(38,39)35(40,41)36(42,43)37(44,45)46/h1,14-15,22-24,28-30,47,50H,4-13,16-21H2,2H3,(H,48,49)/t23?,24?,28?,29?,30?,32-,33-/m0/s1. The molecular formula is C37H47F9O4. The van der Waals surface area contributed by atoms with Gasteiger partial charge in [-0.15, -0.1) is 6.42 Å². The molecule has 282 valence electrons. The summed E-state index contributed by atoms with van der Waals surface area (Å²) in [7, 11) is 0. The Bertz CT molecular complexity index is 1390. The number of unbranched alkanes of at least 4 members (excludes halogenated alkanes) is 5. The number of phenolic OH excluding ortho intramolecular Hbond substituents is 1. The molecule has 1 aromatic rings. The number of phenols is 1. The molecule has 13 heteroatoms. The quantitative estimate of drug-likeness (QED) is 0.0901. The smallest absolute Gasteiger partial charge is 0.460 e. The second kappa shape index (κ2) is 14.8. The van der Waals surface area contributed by atoms with Gasteiger partial charge in [0.2, 0.25) is 0 Å². The third-order valence-corrected chi connectivity index (χ3v) is 12.3. The van der Waals surface area contributed by atoms with E-state index >= 15 is 0 Å². The Morgan fingerprint density at radius 1 is 0.920 bits per heavy atom. The van der Waals surface area contributed by atoms with Crippen LogP contribution in [0.4, 0.5) is 39.5 Å². The predicted molar refractivity (Wildman–Crippen MR) is 168 cm³/mol. The van der Waals surface area contributed by atoms with Crippen LogP contribution in [0, 0.1) is 41.4 Å². The first-order valence-corrected chi connectivity index (χ1v) is 17.6. The number of alkyl halides is 9. The van der Waals surface area contributed by atoms with Gasteiger partial charge in [-0.3, -0.25) is 4.79 Å². The highest BCUT2D eigenvalue weighted by atomic mass is 19.4. The van der Waals surface area contributed by atoms with Gasteiger partial charge in [0.1, 0.15) is 11.4 Å². The molecular weight excluding hydrogens is 679 g/mol. The highest BCUT2D eigenvalue weighted by Gasteiger charge is 2.81. The molecule has 7 atom stereocenters. The fourth-order valence-electron chi connectivity index (χ4n) is 9.34. The van der Waals surface area contributed by atoms with Crippen LogP contribution in [0.3, 0.4) is 0 Å². The van der Waals surface area contributed by atoms with E-state index in [9.17, 15) is 59.6 Å². The molecule has 0 saturated heterocycles. The highest BCUT2D eigenvalue weighted by molar-refractivity contribution is 5.69. The van der Waals surface area contributed by atoms with E-state index in [1.165, 1.54) is 5.56 Å². The maximum Gasteiger partial charge on any atom is 0.460 e. The normalized spacial score (nSPS) is 29.1. The van der Waals surface area contributed by atoms with Gasteiger partial charge in [0.25, 0.3) is 0 Å². The van der Waals surface area contributed by atoms with Crippen LogP contribution in [0.25, 0.3) is 0 Å². The number of carboxylic acids is 1. The Balaban J connectivity index is 1.23. The third kappa shape index (κ3) is 7.47. The summed E-state index contributed by atoms with van der Waals surface area (Å²) in [5.74, 6) is -17.7. The topological polar surface area (TPSA) is 77.8 Å². The number of rotatable bonds is 16. The molecule has 4 nitrogen and oxygen atoms in total. The highest BCUT2D eigenvalue weighted by Crippen LogP contribution is 2.65. The lowest BCUT2D eigenvalue weighted by Crippen LogP contribution is -2.60. The van der Waals surface area contributed by atoms with E-state index in [1.807, 2.05) is 12.1 Å². The summed E-state index contributed by atoms with van der Waals surface area (Å²) in [5.41, 5.74) is 0.944. The zero-order valence-corrected chi connectivity index (χ0v) is 28.2. The van der Waals surface area contributed by atoms with Crippen LogP contribution in [0.1, 0.15) is 120 Å². The average molecular weight is 727 g/mol. The molecule has 0 aliphatic heterocycles. The number of benzene rings is 1. The molecule has 1 aromatic carbocycles. The summed E-state index contributed by atoms with van der Waals surface area (Å²) in [5, 5.41) is 31.0. The van der Waals surface area contributed by atoms with Gasteiger partial charge in [0.05, 0.1) is 5.92 Å². The monoisotopic (exact) mass is 726 g/mol. The van der Waals surface area contributed by atoms with Gasteiger partial charge in [0.15, 0.2) is 0 Å². The van der Waals surface area contributed by atoms with E-state index in [-0.39, 0.29) is 23.5 Å². The minimum Gasteiger partial charge on any atom is -0.508 e. The van der Waals surface area contributed by atoms with Crippen LogP contribution < -0.4 is 0 Å². The van der Waals surface area contributed by atoms with E-state index in [2.05, 4.69) is 12.8 Å². The molecule has 5 unspecified atom stereocenters. The van der Waals surface area contributed by atoms with Crippen molar-refractivity contribution in [2.24, 2.45) is 29.1 Å². The molecule has 0 radical (unpaired) electrons. The lowest BCUT2D eigenvalue weighted by atomic mass is 9.50. The summed E-state index contributed by atoms with van der Waals surface area (Å²) in [6.45, 7) is 2.13. The maximum atomic E-state index is 13.8. The summed E-state index contributed by atoms with van der Waals surface area (Å²) in [4.78, 5) is 11.6. The van der Waals surface area contributed by atoms with Crippen LogP contribution in [0.15, 0.2) is 18.2 Å². The summed E-state index contributed by atoms with van der Waals surface area (Å²) in [6.07, 6.45) is 4.86. The Kier molecular flexibility index (Phi) is 11.9. The van der Waals surface area contributed by atoms with Crippen LogP contribution in [-0.2, 0) is 11.2 Å². The number of halogens is 9. The molecule has 4 rings (SSSR count). The zero-order valence-electron chi connectivity index (χ0n) is 28.2. The first-order chi connectivity index (χ1) is 23.1. The van der Waals surface area contributed by atoms with Crippen molar-refractivity contribution in [2.45, 2.75) is 145 Å². The minimum absolute atomic E-state index is 0.0254. The number of hydrogen-bond donors (Lipinski definition) is 3. The maximum absolute atomic E-state index is 13.8.